The maximum atomic E-state index is 14.0. The van der Waals surface area contributed by atoms with Gasteiger partial charge in [-0.25, -0.2) is 15.0 Å². The highest BCUT2D eigenvalue weighted by atomic mass is 35.5. The van der Waals surface area contributed by atoms with Crippen LogP contribution in [-0.4, -0.2) is 148 Å². The summed E-state index contributed by atoms with van der Waals surface area (Å²) in [5.41, 5.74) is 17.5. The fraction of sp³-hybridized carbons (Fsp3) is 0.589. The molecule has 3 atom stereocenters. The number of aliphatic hydroxyl groups excluding tert-OH is 1. The normalized spacial score (nSPS) is 18.6. The summed E-state index contributed by atoms with van der Waals surface area (Å²) in [6.45, 7) is 16.7. The summed E-state index contributed by atoms with van der Waals surface area (Å²) in [7, 11) is 0. The van der Waals surface area contributed by atoms with Gasteiger partial charge in [-0.3, -0.25) is 24.1 Å². The standard InChI is InChI=1S/C56H81ClN12O5S2/c1-38-49(75-37-62-38)40-20-18-39(19-21-40)22-25-60-52(73)43-33-41(70)35-69(43)54(74)50(55(2,3)4)65-46(71)17-12-10-8-6-7-9-11-13-26-66-29-31-67(32-30-66)36-47(72)63-42-15-14-16-44(48(42)57)76-53-51(58)64-45(34-61-53)68-27-23-56(5,59)24-28-68/h14-16,18-21,34,37,41,43,50,70H,6-13,17,22-33,35-36,59H2,1-5H3,(H2,58,64)(H,60,73)(H,63,72)(H,65,71)/t41-,43+,50-/m0/s1. The van der Waals surface area contributed by atoms with E-state index < -0.39 is 23.6 Å². The number of nitrogen functional groups attached to an aromatic ring is 1. The number of piperidine rings is 1. The second kappa shape index (κ2) is 27.6. The van der Waals surface area contributed by atoms with Gasteiger partial charge in [-0.05, 0) is 81.2 Å². The quantitative estimate of drug-likeness (QED) is 0.0373. The van der Waals surface area contributed by atoms with Gasteiger partial charge in [0.05, 0.1) is 45.6 Å². The Bertz CT molecular complexity index is 2560. The molecule has 8 N–H and O–H groups in total. The number of aromatic nitrogens is 3. The molecule has 414 valence electrons. The van der Waals surface area contributed by atoms with Crippen LogP contribution in [0.25, 0.3) is 10.4 Å². The van der Waals surface area contributed by atoms with Crippen molar-refractivity contribution in [2.24, 2.45) is 11.1 Å². The number of anilines is 3. The third-order valence-electron chi connectivity index (χ3n) is 14.8. The molecule has 20 heteroatoms. The van der Waals surface area contributed by atoms with Gasteiger partial charge in [0.25, 0.3) is 0 Å². The molecule has 3 aliphatic rings. The monoisotopic (exact) mass is 1100 g/mol. The van der Waals surface area contributed by atoms with Gasteiger partial charge < -0.3 is 47.2 Å². The summed E-state index contributed by atoms with van der Waals surface area (Å²) >= 11 is 9.74. The van der Waals surface area contributed by atoms with Gasteiger partial charge in [-0.2, -0.15) is 0 Å². The molecule has 0 bridgehead atoms. The van der Waals surface area contributed by atoms with Gasteiger partial charge in [0.15, 0.2) is 5.82 Å². The highest BCUT2D eigenvalue weighted by Crippen LogP contribution is 2.39. The summed E-state index contributed by atoms with van der Waals surface area (Å²) in [4.78, 5) is 77.6. The SMILES string of the molecule is Cc1ncsc1-c1ccc(CCNC(=O)[C@H]2C[C@H](O)CN2C(=O)[C@H](NC(=O)CCCCCCCCCCN2CCN(CC(=O)Nc3cccc(Sc4ncc(N5CCC(C)(N)CC5)nc4N)c3Cl)CC2)C(C)(C)C)cc1. The molecule has 0 unspecified atom stereocenters. The zero-order valence-electron chi connectivity index (χ0n) is 45.3. The number of carbonyl (C=O) groups excluding carboxylic acids is 4. The zero-order valence-corrected chi connectivity index (χ0v) is 47.6. The fourth-order valence-electron chi connectivity index (χ4n) is 10.1. The number of rotatable bonds is 24. The number of nitrogens with two attached hydrogens (primary N) is 2. The lowest BCUT2D eigenvalue weighted by Crippen LogP contribution is -2.57. The van der Waals surface area contributed by atoms with Crippen molar-refractivity contribution in [3.63, 3.8) is 0 Å². The van der Waals surface area contributed by atoms with Crippen molar-refractivity contribution in [2.45, 2.75) is 152 Å². The van der Waals surface area contributed by atoms with Crippen molar-refractivity contribution in [1.29, 1.82) is 0 Å². The highest BCUT2D eigenvalue weighted by molar-refractivity contribution is 7.99. The van der Waals surface area contributed by atoms with Crippen LogP contribution >= 0.6 is 34.7 Å². The predicted octanol–water partition coefficient (Wildman–Crippen LogP) is 7.53. The van der Waals surface area contributed by atoms with E-state index in [1.165, 1.54) is 29.5 Å². The Morgan fingerprint density at radius 1 is 0.908 bits per heavy atom. The molecule has 4 aromatic rings. The van der Waals surface area contributed by atoms with Crippen LogP contribution in [0.4, 0.5) is 17.3 Å². The maximum absolute atomic E-state index is 14.0. The number of carbonyl (C=O) groups is 4. The smallest absolute Gasteiger partial charge is 0.246 e. The van der Waals surface area contributed by atoms with Gasteiger partial charge in [0.2, 0.25) is 23.6 Å². The van der Waals surface area contributed by atoms with Crippen LogP contribution < -0.4 is 32.3 Å². The minimum Gasteiger partial charge on any atom is -0.391 e. The van der Waals surface area contributed by atoms with Crippen molar-refractivity contribution in [1.82, 2.24) is 40.3 Å². The van der Waals surface area contributed by atoms with E-state index >= 15 is 0 Å². The van der Waals surface area contributed by atoms with E-state index in [1.807, 2.05) is 45.3 Å². The van der Waals surface area contributed by atoms with Crippen molar-refractivity contribution in [3.05, 3.63) is 70.5 Å². The fourth-order valence-corrected chi connectivity index (χ4v) is 12.0. The maximum Gasteiger partial charge on any atom is 0.246 e. The van der Waals surface area contributed by atoms with Crippen LogP contribution in [0.2, 0.25) is 5.02 Å². The van der Waals surface area contributed by atoms with E-state index in [0.717, 1.165) is 130 Å². The molecular weight excluding hydrogens is 1020 g/mol. The number of likely N-dealkylation sites (tertiary alicyclic amines) is 1. The molecule has 76 heavy (non-hydrogen) atoms. The number of thiazole rings is 1. The van der Waals surface area contributed by atoms with Crippen molar-refractivity contribution >= 4 is 75.7 Å². The largest absolute Gasteiger partial charge is 0.391 e. The third-order valence-corrected chi connectivity index (χ3v) is 17.4. The molecule has 4 amide bonds. The van der Waals surface area contributed by atoms with E-state index in [2.05, 4.69) is 76.8 Å². The minimum absolute atomic E-state index is 0.0483. The first-order valence-electron chi connectivity index (χ1n) is 27.3. The number of hydrogen-bond acceptors (Lipinski definition) is 15. The Balaban J connectivity index is 0.722. The van der Waals surface area contributed by atoms with Crippen LogP contribution in [-0.2, 0) is 25.6 Å². The van der Waals surface area contributed by atoms with E-state index in [1.54, 1.807) is 23.6 Å². The summed E-state index contributed by atoms with van der Waals surface area (Å²) in [6.07, 6.45) is 12.3. The molecule has 0 aliphatic carbocycles. The molecular formula is C56H81ClN12O5S2. The number of nitrogens with zero attached hydrogens (tertiary/aromatic N) is 7. The summed E-state index contributed by atoms with van der Waals surface area (Å²) in [5, 5.41) is 20.6. The van der Waals surface area contributed by atoms with Crippen LogP contribution in [0.15, 0.2) is 64.1 Å². The first kappa shape index (κ1) is 58.8. The molecule has 0 radical (unpaired) electrons. The second-order valence-corrected chi connectivity index (χ2v) is 24.6. The number of amides is 4. The minimum atomic E-state index is -0.833. The Labute approximate surface area is 463 Å². The summed E-state index contributed by atoms with van der Waals surface area (Å²) < 4.78 is 0. The average Bonchev–Trinajstić information content (AvgIpc) is 4.00. The lowest BCUT2D eigenvalue weighted by Gasteiger charge is -2.37. The van der Waals surface area contributed by atoms with Gasteiger partial charge in [0, 0.05) is 75.6 Å². The molecule has 5 heterocycles. The van der Waals surface area contributed by atoms with Crippen molar-refractivity contribution in [3.8, 4) is 10.4 Å². The molecule has 2 aromatic carbocycles. The Morgan fingerprint density at radius 2 is 1.58 bits per heavy atom. The van der Waals surface area contributed by atoms with Gasteiger partial charge in [0.1, 0.15) is 22.9 Å². The van der Waals surface area contributed by atoms with Crippen molar-refractivity contribution in [2.75, 3.05) is 81.4 Å². The Hall–Kier alpha value is -4.89. The second-order valence-electron chi connectivity index (χ2n) is 22.3. The summed E-state index contributed by atoms with van der Waals surface area (Å²) in [5.74, 6) is 0.144. The Kier molecular flexibility index (Phi) is 21.4. The first-order chi connectivity index (χ1) is 36.3. The molecule has 0 spiro atoms. The number of benzene rings is 2. The number of piperazine rings is 1. The van der Waals surface area contributed by atoms with E-state index in [9.17, 15) is 24.3 Å². The number of aliphatic hydroxyl groups is 1. The lowest BCUT2D eigenvalue weighted by atomic mass is 9.85. The predicted molar refractivity (Wildman–Crippen MR) is 306 cm³/mol. The number of nitrogens with one attached hydrogen (secondary N) is 3. The number of aryl methyl sites for hydroxylation is 1. The van der Waals surface area contributed by atoms with Crippen LogP contribution in [0.5, 0.6) is 0 Å². The lowest BCUT2D eigenvalue weighted by molar-refractivity contribution is -0.144. The van der Waals surface area contributed by atoms with E-state index in [-0.39, 0.29) is 42.1 Å². The first-order valence-corrected chi connectivity index (χ1v) is 29.3. The zero-order chi connectivity index (χ0) is 54.4. The number of halogens is 1. The molecule has 7 rings (SSSR count). The van der Waals surface area contributed by atoms with Gasteiger partial charge in [-0.15, -0.1) is 11.3 Å². The van der Waals surface area contributed by atoms with Crippen molar-refractivity contribution < 1.29 is 24.3 Å². The van der Waals surface area contributed by atoms with E-state index in [0.29, 0.717) is 47.5 Å². The van der Waals surface area contributed by atoms with Crippen LogP contribution in [0, 0.1) is 12.3 Å². The van der Waals surface area contributed by atoms with Crippen LogP contribution in [0.1, 0.15) is 116 Å². The summed E-state index contributed by atoms with van der Waals surface area (Å²) in [6, 6.07) is 12.1. The molecule has 3 saturated heterocycles. The average molecular weight is 1100 g/mol. The molecule has 3 aliphatic heterocycles. The van der Waals surface area contributed by atoms with Crippen LogP contribution in [0.3, 0.4) is 0 Å². The topological polar surface area (TPSA) is 228 Å². The Morgan fingerprint density at radius 3 is 2.24 bits per heavy atom. The molecule has 2 aromatic heterocycles. The van der Waals surface area contributed by atoms with Gasteiger partial charge >= 0.3 is 0 Å². The number of β-amino-alcohol motifs (C(OH)–C–C–N with tert-alkyl or cyclic N) is 1. The van der Waals surface area contributed by atoms with E-state index in [4.69, 9.17) is 23.1 Å². The molecule has 3 fully saturated rings. The molecule has 0 saturated carbocycles. The number of hydrogen-bond donors (Lipinski definition) is 6. The highest BCUT2D eigenvalue weighted by Gasteiger charge is 2.44. The number of unbranched alkanes of at least 4 members (excludes halogenated alkanes) is 7. The molecule has 17 nitrogen and oxygen atoms in total. The third kappa shape index (κ3) is 17.1. The van der Waals surface area contributed by atoms with Gasteiger partial charge in [-0.1, -0.05) is 113 Å².